The molecule has 0 saturated heterocycles. The molecule has 0 radical (unpaired) electrons. The van der Waals surface area contributed by atoms with Crippen molar-refractivity contribution in [3.05, 3.63) is 34.7 Å². The van der Waals surface area contributed by atoms with Crippen LogP contribution in [0.3, 0.4) is 0 Å². The Kier molecular flexibility index (Phi) is 3.70. The van der Waals surface area contributed by atoms with Crippen molar-refractivity contribution in [3.8, 4) is 0 Å². The molecule has 0 spiro atoms. The molecule has 0 saturated carbocycles. The highest BCUT2D eigenvalue weighted by molar-refractivity contribution is 5.78. The fourth-order valence-corrected chi connectivity index (χ4v) is 2.47. The highest BCUT2D eigenvalue weighted by Gasteiger charge is 2.31. The lowest BCUT2D eigenvalue weighted by Crippen LogP contribution is -2.35. The van der Waals surface area contributed by atoms with Crippen LogP contribution in [0.4, 0.5) is 0 Å². The summed E-state index contributed by atoms with van der Waals surface area (Å²) >= 11 is 0. The topological polar surface area (TPSA) is 53.2 Å². The molecule has 2 aromatic rings. The third kappa shape index (κ3) is 2.24. The molecule has 0 aliphatic carbocycles. The molecule has 0 N–H and O–H groups in total. The summed E-state index contributed by atoms with van der Waals surface area (Å²) in [6, 6.07) is 7.62. The van der Waals surface area contributed by atoms with E-state index in [0.29, 0.717) is 13.1 Å². The number of aryl methyl sites for hydroxylation is 1. The molecular weight excluding hydrogens is 256 g/mol. The zero-order valence-corrected chi connectivity index (χ0v) is 12.3. The second kappa shape index (κ2) is 5.15. The first-order valence-corrected chi connectivity index (χ1v) is 6.69. The maximum atomic E-state index is 12.5. The second-order valence-electron chi connectivity index (χ2n) is 5.48. The van der Waals surface area contributed by atoms with Gasteiger partial charge in [0.05, 0.1) is 23.6 Å². The number of benzene rings is 1. The molecule has 5 nitrogen and oxygen atoms in total. The molecule has 108 valence electrons. The summed E-state index contributed by atoms with van der Waals surface area (Å²) in [5.41, 5.74) is 0.893. The molecule has 0 amide bonds. The molecule has 0 bridgehead atoms. The minimum Gasteiger partial charge on any atom is -0.469 e. The van der Waals surface area contributed by atoms with E-state index in [2.05, 4.69) is 0 Å². The predicted octanol–water partition coefficient (Wildman–Crippen LogP) is 2.02. The Morgan fingerprint density at radius 2 is 1.75 bits per heavy atom. The van der Waals surface area contributed by atoms with E-state index < -0.39 is 5.41 Å². The fourth-order valence-electron chi connectivity index (χ4n) is 2.47. The first-order chi connectivity index (χ1) is 9.42. The number of carbonyl (C=O) groups is 1. The van der Waals surface area contributed by atoms with Crippen LogP contribution in [0, 0.1) is 5.41 Å². The molecule has 1 heterocycles. The highest BCUT2D eigenvalue weighted by atomic mass is 16.5. The van der Waals surface area contributed by atoms with Crippen molar-refractivity contribution < 1.29 is 9.53 Å². The molecule has 20 heavy (non-hydrogen) atoms. The summed E-state index contributed by atoms with van der Waals surface area (Å²) in [6.07, 6.45) is 0. The number of carbonyl (C=O) groups excluding carboxylic acids is 1. The third-order valence-corrected chi connectivity index (χ3v) is 3.53. The van der Waals surface area contributed by atoms with Crippen LogP contribution in [0.2, 0.25) is 0 Å². The zero-order valence-electron chi connectivity index (χ0n) is 12.3. The quantitative estimate of drug-likeness (QED) is 0.803. The Hall–Kier alpha value is -2.04. The van der Waals surface area contributed by atoms with Crippen molar-refractivity contribution in [1.29, 1.82) is 0 Å². The number of esters is 1. The highest BCUT2D eigenvalue weighted by Crippen LogP contribution is 2.22. The Labute approximate surface area is 117 Å². The molecule has 0 fully saturated rings. The lowest BCUT2D eigenvalue weighted by molar-refractivity contribution is -0.151. The maximum absolute atomic E-state index is 12.5. The number of imidazole rings is 1. The number of hydrogen-bond acceptors (Lipinski definition) is 3. The molecule has 1 aromatic carbocycles. The van der Waals surface area contributed by atoms with E-state index in [4.69, 9.17) is 4.74 Å². The number of para-hydroxylation sites is 2. The molecule has 0 atom stereocenters. The van der Waals surface area contributed by atoms with Gasteiger partial charge in [-0.2, -0.15) is 0 Å². The molecule has 0 aliphatic heterocycles. The number of methoxy groups -OCH3 is 1. The second-order valence-corrected chi connectivity index (χ2v) is 5.48. The molecular formula is C15H20N2O3. The summed E-state index contributed by atoms with van der Waals surface area (Å²) in [6.45, 7) is 6.40. The van der Waals surface area contributed by atoms with Gasteiger partial charge in [-0.05, 0) is 32.9 Å². The van der Waals surface area contributed by atoms with Gasteiger partial charge in [0, 0.05) is 13.1 Å². The molecule has 0 unspecified atom stereocenters. The van der Waals surface area contributed by atoms with Crippen molar-refractivity contribution in [2.45, 2.75) is 33.9 Å². The molecule has 1 aromatic heterocycles. The summed E-state index contributed by atoms with van der Waals surface area (Å²) in [5.74, 6) is -0.322. The summed E-state index contributed by atoms with van der Waals surface area (Å²) in [5, 5.41) is 0. The number of hydrogen-bond donors (Lipinski definition) is 0. The summed E-state index contributed by atoms with van der Waals surface area (Å²) in [7, 11) is 1.36. The smallest absolute Gasteiger partial charge is 0.329 e. The van der Waals surface area contributed by atoms with Crippen molar-refractivity contribution in [2.24, 2.45) is 5.41 Å². The van der Waals surface area contributed by atoms with Gasteiger partial charge in [0.2, 0.25) is 0 Å². The van der Waals surface area contributed by atoms with Crippen LogP contribution >= 0.6 is 0 Å². The van der Waals surface area contributed by atoms with E-state index in [0.717, 1.165) is 11.0 Å². The maximum Gasteiger partial charge on any atom is 0.329 e. The van der Waals surface area contributed by atoms with Crippen LogP contribution in [0.1, 0.15) is 20.8 Å². The van der Waals surface area contributed by atoms with Gasteiger partial charge >= 0.3 is 11.7 Å². The van der Waals surface area contributed by atoms with Gasteiger partial charge < -0.3 is 4.74 Å². The average Bonchev–Trinajstić information content (AvgIpc) is 2.70. The van der Waals surface area contributed by atoms with Crippen molar-refractivity contribution in [1.82, 2.24) is 9.13 Å². The van der Waals surface area contributed by atoms with Gasteiger partial charge in [0.25, 0.3) is 0 Å². The standard InChI is InChI=1S/C15H20N2O3/c1-5-16-11-8-6-7-9-12(11)17(14(16)19)10-15(2,3)13(18)20-4/h6-9H,5,10H2,1-4H3. The first kappa shape index (κ1) is 14.4. The van der Waals surface area contributed by atoms with Gasteiger partial charge in [0.15, 0.2) is 0 Å². The first-order valence-electron chi connectivity index (χ1n) is 6.69. The summed E-state index contributed by atoms with van der Waals surface area (Å²) in [4.78, 5) is 24.3. The van der Waals surface area contributed by atoms with Gasteiger partial charge in [0.1, 0.15) is 0 Å². The van der Waals surface area contributed by atoms with Crippen LogP contribution in [0.5, 0.6) is 0 Å². The van der Waals surface area contributed by atoms with Crippen LogP contribution < -0.4 is 5.69 Å². The monoisotopic (exact) mass is 276 g/mol. The largest absolute Gasteiger partial charge is 0.469 e. The van der Waals surface area contributed by atoms with Crippen molar-refractivity contribution in [2.75, 3.05) is 7.11 Å². The Morgan fingerprint density at radius 3 is 2.25 bits per heavy atom. The van der Waals surface area contributed by atoms with Crippen LogP contribution in [-0.2, 0) is 22.6 Å². The zero-order chi connectivity index (χ0) is 14.9. The minimum absolute atomic E-state index is 0.0920. The van der Waals surface area contributed by atoms with Crippen LogP contribution in [-0.4, -0.2) is 22.2 Å². The van der Waals surface area contributed by atoms with E-state index in [-0.39, 0.29) is 11.7 Å². The lowest BCUT2D eigenvalue weighted by Gasteiger charge is -2.21. The van der Waals surface area contributed by atoms with Gasteiger partial charge in [-0.1, -0.05) is 12.1 Å². The van der Waals surface area contributed by atoms with E-state index in [9.17, 15) is 9.59 Å². The van der Waals surface area contributed by atoms with E-state index in [1.165, 1.54) is 7.11 Å². The number of rotatable bonds is 4. The SMILES string of the molecule is CCn1c(=O)n(CC(C)(C)C(=O)OC)c2ccccc21. The van der Waals surface area contributed by atoms with E-state index in [1.807, 2.05) is 31.2 Å². The predicted molar refractivity (Wildman–Crippen MR) is 77.7 cm³/mol. The normalized spacial score (nSPS) is 11.8. The molecule has 2 rings (SSSR count). The Bertz CT molecular complexity index is 695. The number of fused-ring (bicyclic) bond motifs is 1. The number of ether oxygens (including phenoxy) is 1. The third-order valence-electron chi connectivity index (χ3n) is 3.53. The van der Waals surface area contributed by atoms with Crippen molar-refractivity contribution in [3.63, 3.8) is 0 Å². The molecule has 5 heteroatoms. The number of nitrogens with zero attached hydrogens (tertiary/aromatic N) is 2. The summed E-state index contributed by atoms with van der Waals surface area (Å²) < 4.78 is 8.17. The fraction of sp³-hybridized carbons (Fsp3) is 0.467. The minimum atomic E-state index is -0.749. The Balaban J connectivity index is 2.58. The molecule has 0 aliphatic rings. The van der Waals surface area contributed by atoms with Gasteiger partial charge in [-0.3, -0.25) is 13.9 Å². The van der Waals surface area contributed by atoms with Crippen LogP contribution in [0.25, 0.3) is 11.0 Å². The van der Waals surface area contributed by atoms with Gasteiger partial charge in [-0.15, -0.1) is 0 Å². The Morgan fingerprint density at radius 1 is 1.20 bits per heavy atom. The van der Waals surface area contributed by atoms with E-state index >= 15 is 0 Å². The van der Waals surface area contributed by atoms with Gasteiger partial charge in [-0.25, -0.2) is 4.79 Å². The number of aromatic nitrogens is 2. The van der Waals surface area contributed by atoms with Crippen LogP contribution in [0.15, 0.2) is 29.1 Å². The lowest BCUT2D eigenvalue weighted by atomic mass is 9.93. The van der Waals surface area contributed by atoms with E-state index in [1.54, 1.807) is 23.0 Å². The average molecular weight is 276 g/mol. The van der Waals surface area contributed by atoms with Crippen molar-refractivity contribution >= 4 is 17.0 Å².